The Morgan fingerprint density at radius 1 is 1.35 bits per heavy atom. The second-order valence-electron chi connectivity index (χ2n) is 3.96. The van der Waals surface area contributed by atoms with Crippen molar-refractivity contribution in [1.82, 2.24) is 9.78 Å². The summed E-state index contributed by atoms with van der Waals surface area (Å²) in [5.74, 6) is -0.827. The highest BCUT2D eigenvalue weighted by Gasteiger charge is 2.17. The topological polar surface area (TPSA) is 55.1 Å². The summed E-state index contributed by atoms with van der Waals surface area (Å²) in [7, 11) is 0. The second-order valence-corrected chi connectivity index (χ2v) is 3.96. The average Bonchev–Trinajstić information content (AvgIpc) is 2.73. The van der Waals surface area contributed by atoms with Gasteiger partial charge in [-0.3, -0.25) is 9.48 Å². The number of carboxylic acid groups (broad SMARTS) is 1. The van der Waals surface area contributed by atoms with Gasteiger partial charge < -0.3 is 5.11 Å². The summed E-state index contributed by atoms with van der Waals surface area (Å²) in [6.07, 6.45) is 1.85. The summed E-state index contributed by atoms with van der Waals surface area (Å²) in [5, 5.41) is 13.3. The predicted molar refractivity (Wildman–Crippen MR) is 63.8 cm³/mol. The lowest BCUT2D eigenvalue weighted by Gasteiger charge is -2.15. The first-order valence-corrected chi connectivity index (χ1v) is 5.45. The van der Waals surface area contributed by atoms with Crippen LogP contribution in [-0.2, 0) is 4.79 Å². The van der Waals surface area contributed by atoms with Crippen LogP contribution in [0, 0.1) is 6.92 Å². The van der Waals surface area contributed by atoms with E-state index in [4.69, 9.17) is 5.11 Å². The molecule has 4 heteroatoms. The van der Waals surface area contributed by atoms with Crippen LogP contribution in [0.4, 0.5) is 0 Å². The van der Waals surface area contributed by atoms with E-state index in [9.17, 15) is 4.79 Å². The second kappa shape index (κ2) is 4.82. The standard InChI is InChI=1S/C13H14N2O2/c1-10-7-8-15(14-10)12(9-13(16)17)11-5-3-2-4-6-11/h2-8,12H,9H2,1H3,(H,16,17). The first-order valence-electron chi connectivity index (χ1n) is 5.45. The smallest absolute Gasteiger partial charge is 0.305 e. The molecule has 1 atom stereocenters. The Labute approximate surface area is 99.5 Å². The molecule has 17 heavy (non-hydrogen) atoms. The molecule has 1 N–H and O–H groups in total. The molecule has 0 amide bonds. The van der Waals surface area contributed by atoms with Gasteiger partial charge in [0.2, 0.25) is 0 Å². The molecule has 0 radical (unpaired) electrons. The normalized spacial score (nSPS) is 12.3. The van der Waals surface area contributed by atoms with Crippen LogP contribution in [0.25, 0.3) is 0 Å². The van der Waals surface area contributed by atoms with Crippen LogP contribution in [-0.4, -0.2) is 20.9 Å². The molecule has 2 aromatic rings. The van der Waals surface area contributed by atoms with E-state index in [1.165, 1.54) is 0 Å². The maximum atomic E-state index is 10.9. The van der Waals surface area contributed by atoms with Gasteiger partial charge >= 0.3 is 5.97 Å². The third-order valence-corrected chi connectivity index (χ3v) is 2.61. The van der Waals surface area contributed by atoms with Gasteiger partial charge in [-0.05, 0) is 18.6 Å². The van der Waals surface area contributed by atoms with Gasteiger partial charge in [0.25, 0.3) is 0 Å². The minimum atomic E-state index is -0.827. The van der Waals surface area contributed by atoms with Crippen molar-refractivity contribution in [2.75, 3.05) is 0 Å². The Morgan fingerprint density at radius 2 is 2.06 bits per heavy atom. The Kier molecular flexibility index (Phi) is 3.23. The van der Waals surface area contributed by atoms with E-state index in [1.54, 1.807) is 4.68 Å². The van der Waals surface area contributed by atoms with Crippen molar-refractivity contribution in [2.24, 2.45) is 0 Å². The number of aromatic nitrogens is 2. The zero-order valence-corrected chi connectivity index (χ0v) is 9.58. The van der Waals surface area contributed by atoms with Crippen LogP contribution >= 0.6 is 0 Å². The maximum Gasteiger partial charge on any atom is 0.305 e. The van der Waals surface area contributed by atoms with Crippen LogP contribution < -0.4 is 0 Å². The molecule has 0 spiro atoms. The summed E-state index contributed by atoms with van der Waals surface area (Å²) in [5.41, 5.74) is 1.84. The first kappa shape index (κ1) is 11.4. The van der Waals surface area contributed by atoms with Crippen molar-refractivity contribution >= 4 is 5.97 Å². The minimum absolute atomic E-state index is 0.0329. The highest BCUT2D eigenvalue weighted by Crippen LogP contribution is 2.21. The third kappa shape index (κ3) is 2.72. The average molecular weight is 230 g/mol. The number of nitrogens with zero attached hydrogens (tertiary/aromatic N) is 2. The zero-order chi connectivity index (χ0) is 12.3. The SMILES string of the molecule is Cc1ccn(C(CC(=O)O)c2ccccc2)n1. The number of aryl methyl sites for hydroxylation is 1. The van der Waals surface area contributed by atoms with Gasteiger partial charge in [-0.1, -0.05) is 30.3 Å². The molecule has 2 rings (SSSR count). The minimum Gasteiger partial charge on any atom is -0.481 e. The Balaban J connectivity index is 2.35. The van der Waals surface area contributed by atoms with Gasteiger partial charge in [-0.15, -0.1) is 0 Å². The molecule has 1 unspecified atom stereocenters. The highest BCUT2D eigenvalue weighted by atomic mass is 16.4. The summed E-state index contributed by atoms with van der Waals surface area (Å²) in [4.78, 5) is 10.9. The van der Waals surface area contributed by atoms with E-state index in [-0.39, 0.29) is 12.5 Å². The van der Waals surface area contributed by atoms with Crippen LogP contribution in [0.15, 0.2) is 42.6 Å². The molecule has 0 fully saturated rings. The van der Waals surface area contributed by atoms with E-state index < -0.39 is 5.97 Å². The Morgan fingerprint density at radius 3 is 2.59 bits per heavy atom. The van der Waals surface area contributed by atoms with Crippen molar-refractivity contribution in [3.05, 3.63) is 53.9 Å². The van der Waals surface area contributed by atoms with Gasteiger partial charge in [-0.25, -0.2) is 0 Å². The van der Waals surface area contributed by atoms with Crippen LogP contribution in [0.2, 0.25) is 0 Å². The van der Waals surface area contributed by atoms with E-state index >= 15 is 0 Å². The molecular formula is C13H14N2O2. The quantitative estimate of drug-likeness (QED) is 0.876. The fourth-order valence-corrected chi connectivity index (χ4v) is 1.81. The van der Waals surface area contributed by atoms with Crippen LogP contribution in [0.3, 0.4) is 0 Å². The van der Waals surface area contributed by atoms with Crippen LogP contribution in [0.1, 0.15) is 23.7 Å². The van der Waals surface area contributed by atoms with Gasteiger partial charge in [0.15, 0.2) is 0 Å². The molecule has 0 aliphatic heterocycles. The lowest BCUT2D eigenvalue weighted by atomic mass is 10.0. The van der Waals surface area contributed by atoms with Crippen molar-refractivity contribution < 1.29 is 9.90 Å². The number of carboxylic acids is 1. The number of hydrogen-bond donors (Lipinski definition) is 1. The summed E-state index contributed by atoms with van der Waals surface area (Å²) in [6, 6.07) is 11.2. The van der Waals surface area contributed by atoms with Crippen molar-refractivity contribution in [3.8, 4) is 0 Å². The summed E-state index contributed by atoms with van der Waals surface area (Å²) < 4.78 is 1.71. The lowest BCUT2D eigenvalue weighted by Crippen LogP contribution is -2.15. The summed E-state index contributed by atoms with van der Waals surface area (Å²) in [6.45, 7) is 1.89. The molecule has 4 nitrogen and oxygen atoms in total. The van der Waals surface area contributed by atoms with Gasteiger partial charge in [-0.2, -0.15) is 5.10 Å². The summed E-state index contributed by atoms with van der Waals surface area (Å²) >= 11 is 0. The Hall–Kier alpha value is -2.10. The van der Waals surface area contributed by atoms with Gasteiger partial charge in [0, 0.05) is 6.20 Å². The van der Waals surface area contributed by atoms with Crippen molar-refractivity contribution in [3.63, 3.8) is 0 Å². The highest BCUT2D eigenvalue weighted by molar-refractivity contribution is 5.68. The molecule has 1 heterocycles. The fraction of sp³-hybridized carbons (Fsp3) is 0.231. The number of carbonyl (C=O) groups is 1. The maximum absolute atomic E-state index is 10.9. The third-order valence-electron chi connectivity index (χ3n) is 2.61. The van der Waals surface area contributed by atoms with Gasteiger partial charge in [0.05, 0.1) is 18.2 Å². The molecule has 0 bridgehead atoms. The van der Waals surface area contributed by atoms with E-state index in [0.29, 0.717) is 0 Å². The van der Waals surface area contributed by atoms with Crippen molar-refractivity contribution in [1.29, 1.82) is 0 Å². The zero-order valence-electron chi connectivity index (χ0n) is 9.58. The number of rotatable bonds is 4. The molecule has 0 saturated heterocycles. The molecule has 0 aliphatic carbocycles. The predicted octanol–water partition coefficient (Wildman–Crippen LogP) is 2.26. The molecule has 88 valence electrons. The molecule has 1 aromatic carbocycles. The Bertz CT molecular complexity index is 505. The molecule has 0 aliphatic rings. The largest absolute Gasteiger partial charge is 0.481 e. The number of benzene rings is 1. The molecule has 0 saturated carbocycles. The lowest BCUT2D eigenvalue weighted by molar-refractivity contribution is -0.137. The molecular weight excluding hydrogens is 216 g/mol. The van der Waals surface area contributed by atoms with Crippen LogP contribution in [0.5, 0.6) is 0 Å². The number of hydrogen-bond acceptors (Lipinski definition) is 2. The number of aliphatic carboxylic acids is 1. The molecule has 1 aromatic heterocycles. The van der Waals surface area contributed by atoms with Crippen molar-refractivity contribution in [2.45, 2.75) is 19.4 Å². The fourth-order valence-electron chi connectivity index (χ4n) is 1.81. The monoisotopic (exact) mass is 230 g/mol. The van der Waals surface area contributed by atoms with E-state index in [0.717, 1.165) is 11.3 Å². The van der Waals surface area contributed by atoms with Gasteiger partial charge in [0.1, 0.15) is 0 Å². The van der Waals surface area contributed by atoms with E-state index in [2.05, 4.69) is 5.10 Å². The first-order chi connectivity index (χ1) is 8.16. The van der Waals surface area contributed by atoms with E-state index in [1.807, 2.05) is 49.5 Å².